The molecule has 20 heavy (non-hydrogen) atoms. The smallest absolute Gasteiger partial charge is 0.193 e. The van der Waals surface area contributed by atoms with Gasteiger partial charge in [0.1, 0.15) is 18.7 Å². The molecule has 0 saturated heterocycles. The van der Waals surface area contributed by atoms with Crippen LogP contribution in [-0.2, 0) is 17.8 Å². The Kier molecular flexibility index (Phi) is 3.29. The van der Waals surface area contributed by atoms with Crippen LogP contribution in [0.4, 0.5) is 10.1 Å². The summed E-state index contributed by atoms with van der Waals surface area (Å²) in [5, 5.41) is 0. The highest BCUT2D eigenvalue weighted by atomic mass is 19.1. The molecule has 0 aliphatic carbocycles. The van der Waals surface area contributed by atoms with E-state index >= 15 is 0 Å². The number of rotatable bonds is 3. The SMILES string of the molecule is O=Cc1ccc(COC2=Nc3ccccc3C2)c(F)c1. The van der Waals surface area contributed by atoms with E-state index in [2.05, 4.69) is 4.99 Å². The lowest BCUT2D eigenvalue weighted by Gasteiger charge is -2.06. The van der Waals surface area contributed by atoms with Gasteiger partial charge in [-0.3, -0.25) is 4.79 Å². The fourth-order valence-electron chi connectivity index (χ4n) is 2.10. The molecule has 0 spiro atoms. The maximum absolute atomic E-state index is 13.7. The molecule has 100 valence electrons. The van der Waals surface area contributed by atoms with E-state index in [-0.39, 0.29) is 6.61 Å². The van der Waals surface area contributed by atoms with Crippen molar-refractivity contribution in [3.8, 4) is 0 Å². The maximum Gasteiger partial charge on any atom is 0.193 e. The van der Waals surface area contributed by atoms with E-state index in [4.69, 9.17) is 4.74 Å². The average molecular weight is 269 g/mol. The van der Waals surface area contributed by atoms with E-state index in [1.807, 2.05) is 24.3 Å². The van der Waals surface area contributed by atoms with Crippen LogP contribution in [-0.4, -0.2) is 12.2 Å². The van der Waals surface area contributed by atoms with Crippen molar-refractivity contribution < 1.29 is 13.9 Å². The first-order valence-electron chi connectivity index (χ1n) is 6.28. The average Bonchev–Trinajstić information content (AvgIpc) is 2.88. The number of hydrogen-bond donors (Lipinski definition) is 0. The Labute approximate surface area is 115 Å². The number of carbonyl (C=O) groups is 1. The van der Waals surface area contributed by atoms with Crippen molar-refractivity contribution in [2.24, 2.45) is 4.99 Å². The zero-order valence-corrected chi connectivity index (χ0v) is 10.7. The second-order valence-corrected chi connectivity index (χ2v) is 4.57. The summed E-state index contributed by atoms with van der Waals surface area (Å²) in [6.45, 7) is 0.109. The predicted molar refractivity (Wildman–Crippen MR) is 73.8 cm³/mol. The Hall–Kier alpha value is -2.49. The summed E-state index contributed by atoms with van der Waals surface area (Å²) >= 11 is 0. The summed E-state index contributed by atoms with van der Waals surface area (Å²) in [7, 11) is 0. The molecule has 0 atom stereocenters. The molecule has 1 aliphatic heterocycles. The lowest BCUT2D eigenvalue weighted by Crippen LogP contribution is -2.06. The highest BCUT2D eigenvalue weighted by molar-refractivity contribution is 5.87. The normalized spacial score (nSPS) is 12.8. The zero-order chi connectivity index (χ0) is 13.9. The van der Waals surface area contributed by atoms with Gasteiger partial charge in [0.15, 0.2) is 5.90 Å². The van der Waals surface area contributed by atoms with E-state index in [1.165, 1.54) is 6.07 Å². The molecule has 3 nitrogen and oxygen atoms in total. The molecule has 0 unspecified atom stereocenters. The van der Waals surface area contributed by atoms with Crippen molar-refractivity contribution in [3.63, 3.8) is 0 Å². The maximum atomic E-state index is 13.7. The van der Waals surface area contributed by atoms with Gasteiger partial charge in [0.25, 0.3) is 0 Å². The lowest BCUT2D eigenvalue weighted by atomic mass is 10.1. The van der Waals surface area contributed by atoms with Crippen LogP contribution in [0.1, 0.15) is 21.5 Å². The van der Waals surface area contributed by atoms with Gasteiger partial charge in [-0.15, -0.1) is 0 Å². The fraction of sp³-hybridized carbons (Fsp3) is 0.125. The first kappa shape index (κ1) is 12.5. The van der Waals surface area contributed by atoms with Crippen molar-refractivity contribution in [2.45, 2.75) is 13.0 Å². The number of para-hydroxylation sites is 1. The monoisotopic (exact) mass is 269 g/mol. The van der Waals surface area contributed by atoms with Gasteiger partial charge in [-0.1, -0.05) is 30.3 Å². The first-order chi connectivity index (χ1) is 9.76. The van der Waals surface area contributed by atoms with E-state index in [9.17, 15) is 9.18 Å². The second kappa shape index (κ2) is 5.25. The van der Waals surface area contributed by atoms with Gasteiger partial charge in [-0.05, 0) is 17.7 Å². The molecule has 0 saturated carbocycles. The van der Waals surface area contributed by atoms with E-state index < -0.39 is 5.82 Å². The van der Waals surface area contributed by atoms with E-state index in [0.29, 0.717) is 29.7 Å². The van der Waals surface area contributed by atoms with Crippen LogP contribution in [0.25, 0.3) is 0 Å². The molecule has 1 aliphatic rings. The Morgan fingerprint density at radius 2 is 2.10 bits per heavy atom. The van der Waals surface area contributed by atoms with E-state index in [0.717, 1.165) is 11.3 Å². The van der Waals surface area contributed by atoms with Crippen molar-refractivity contribution in [3.05, 3.63) is 65.0 Å². The predicted octanol–water partition coefficient (Wildman–Crippen LogP) is 3.44. The third-order valence-corrected chi connectivity index (χ3v) is 3.19. The Morgan fingerprint density at radius 3 is 2.85 bits per heavy atom. The van der Waals surface area contributed by atoms with Crippen LogP contribution in [0.3, 0.4) is 0 Å². The molecule has 4 heteroatoms. The Bertz CT molecular complexity index is 695. The summed E-state index contributed by atoms with van der Waals surface area (Å²) in [6, 6.07) is 12.1. The molecule has 2 aromatic rings. The minimum absolute atomic E-state index is 0.109. The number of nitrogens with zero attached hydrogens (tertiary/aromatic N) is 1. The van der Waals surface area contributed by atoms with Gasteiger partial charge in [0.05, 0.1) is 12.1 Å². The number of carbonyl (C=O) groups excluding carboxylic acids is 1. The Balaban J connectivity index is 1.68. The number of hydrogen-bond acceptors (Lipinski definition) is 3. The molecular formula is C16H12FNO2. The standard InChI is InChI=1S/C16H12FNO2/c17-14-7-11(9-19)5-6-13(14)10-20-16-8-12-3-1-2-4-15(12)18-16/h1-7,9H,8,10H2. The number of fused-ring (bicyclic) bond motifs is 1. The summed E-state index contributed by atoms with van der Waals surface area (Å²) in [5.41, 5.74) is 2.74. The van der Waals surface area contributed by atoms with Crippen LogP contribution in [0.15, 0.2) is 47.5 Å². The third kappa shape index (κ3) is 2.45. The van der Waals surface area contributed by atoms with Gasteiger partial charge in [0.2, 0.25) is 0 Å². The lowest BCUT2D eigenvalue weighted by molar-refractivity contribution is 0.112. The van der Waals surface area contributed by atoms with Crippen molar-refractivity contribution in [2.75, 3.05) is 0 Å². The number of ether oxygens (including phenoxy) is 1. The van der Waals surface area contributed by atoms with Crippen LogP contribution in [0.5, 0.6) is 0 Å². The van der Waals surface area contributed by atoms with Gasteiger partial charge in [-0.25, -0.2) is 9.38 Å². The minimum Gasteiger partial charge on any atom is -0.475 e. The van der Waals surface area contributed by atoms with Crippen molar-refractivity contribution >= 4 is 17.9 Å². The fourth-order valence-corrected chi connectivity index (χ4v) is 2.10. The summed E-state index contributed by atoms with van der Waals surface area (Å²) in [4.78, 5) is 14.9. The summed E-state index contributed by atoms with van der Waals surface area (Å²) in [6.07, 6.45) is 1.25. The molecule has 3 rings (SSSR count). The number of aldehydes is 1. The molecule has 0 aromatic heterocycles. The zero-order valence-electron chi connectivity index (χ0n) is 10.7. The minimum atomic E-state index is -0.439. The van der Waals surface area contributed by atoms with Crippen LogP contribution < -0.4 is 0 Å². The van der Waals surface area contributed by atoms with Crippen molar-refractivity contribution in [1.82, 2.24) is 0 Å². The summed E-state index contributed by atoms with van der Waals surface area (Å²) in [5.74, 6) is 0.149. The number of benzene rings is 2. The van der Waals surface area contributed by atoms with Gasteiger partial charge in [0, 0.05) is 11.1 Å². The molecule has 1 heterocycles. The number of aliphatic imine (C=N–C) groups is 1. The van der Waals surface area contributed by atoms with Gasteiger partial charge in [-0.2, -0.15) is 0 Å². The number of halogens is 1. The largest absolute Gasteiger partial charge is 0.475 e. The molecule has 0 fully saturated rings. The van der Waals surface area contributed by atoms with Gasteiger partial charge < -0.3 is 4.74 Å². The topological polar surface area (TPSA) is 38.7 Å². The van der Waals surface area contributed by atoms with Gasteiger partial charge >= 0.3 is 0 Å². The molecular weight excluding hydrogens is 257 g/mol. The summed E-state index contributed by atoms with van der Waals surface area (Å²) < 4.78 is 19.2. The molecule has 2 aromatic carbocycles. The van der Waals surface area contributed by atoms with E-state index in [1.54, 1.807) is 12.1 Å². The first-order valence-corrected chi connectivity index (χ1v) is 6.28. The third-order valence-electron chi connectivity index (χ3n) is 3.19. The van der Waals surface area contributed by atoms with Crippen LogP contribution >= 0.6 is 0 Å². The molecule has 0 bridgehead atoms. The molecule has 0 amide bonds. The quantitative estimate of drug-likeness (QED) is 0.800. The van der Waals surface area contributed by atoms with Crippen LogP contribution in [0.2, 0.25) is 0 Å². The molecule has 0 N–H and O–H groups in total. The second-order valence-electron chi connectivity index (χ2n) is 4.57. The van der Waals surface area contributed by atoms with Crippen LogP contribution in [0, 0.1) is 5.82 Å². The highest BCUT2D eigenvalue weighted by Crippen LogP contribution is 2.26. The molecule has 0 radical (unpaired) electrons. The highest BCUT2D eigenvalue weighted by Gasteiger charge is 2.15. The van der Waals surface area contributed by atoms with Crippen molar-refractivity contribution in [1.29, 1.82) is 0 Å². The Morgan fingerprint density at radius 1 is 1.25 bits per heavy atom.